The molecule has 1 aliphatic carbocycles. The molecule has 0 amide bonds. The topological polar surface area (TPSA) is 75.9 Å². The number of hydrogen-bond acceptors (Lipinski definition) is 6. The fourth-order valence-electron chi connectivity index (χ4n) is 3.08. The van der Waals surface area contributed by atoms with Crippen LogP contribution in [0.25, 0.3) is 10.2 Å². The lowest BCUT2D eigenvalue weighted by atomic mass is 9.87. The molecule has 5 nitrogen and oxygen atoms in total. The Balaban J connectivity index is 2.01. The summed E-state index contributed by atoms with van der Waals surface area (Å²) in [4.78, 5) is 11.3. The molecule has 6 heteroatoms. The molecule has 21 heavy (non-hydrogen) atoms. The highest BCUT2D eigenvalue weighted by Gasteiger charge is 2.35. The summed E-state index contributed by atoms with van der Waals surface area (Å²) in [5.74, 6) is 6.90. The first kappa shape index (κ1) is 14.5. The molecule has 0 bridgehead atoms. The lowest BCUT2D eigenvalue weighted by Crippen LogP contribution is -2.31. The third kappa shape index (κ3) is 2.70. The number of fused-ring (bicyclic) bond motifs is 1. The molecular weight excluding hydrogens is 282 g/mol. The number of hydrazine groups is 1. The van der Waals surface area contributed by atoms with Crippen molar-refractivity contribution in [1.82, 2.24) is 9.97 Å². The van der Waals surface area contributed by atoms with Crippen LogP contribution in [0.3, 0.4) is 0 Å². The molecule has 0 saturated heterocycles. The van der Waals surface area contributed by atoms with E-state index in [-0.39, 0.29) is 0 Å². The van der Waals surface area contributed by atoms with Gasteiger partial charge in [0.15, 0.2) is 0 Å². The average Bonchev–Trinajstić information content (AvgIpc) is 3.02. The molecule has 2 aromatic heterocycles. The molecular formula is C15H23N5S. The molecule has 0 radical (unpaired) electrons. The molecule has 1 aliphatic rings. The standard InChI is InChI=1S/C15H23N5S/c1-4-9-8-10-12(17-11-6-5-7-15(11,2)3)18-14(20-16)19-13(10)21-9/h8,11H,4-7,16H2,1-3H3,(H2,17,18,19,20). The molecule has 4 N–H and O–H groups in total. The van der Waals surface area contributed by atoms with Gasteiger partial charge in [0.2, 0.25) is 5.95 Å². The molecule has 1 saturated carbocycles. The fraction of sp³-hybridized carbons (Fsp3) is 0.600. The molecule has 114 valence electrons. The predicted molar refractivity (Wildman–Crippen MR) is 89.6 cm³/mol. The molecule has 1 fully saturated rings. The van der Waals surface area contributed by atoms with E-state index < -0.39 is 0 Å². The number of rotatable bonds is 4. The van der Waals surface area contributed by atoms with Gasteiger partial charge < -0.3 is 5.32 Å². The molecule has 0 spiro atoms. The average molecular weight is 305 g/mol. The fourth-order valence-corrected chi connectivity index (χ4v) is 4.05. The van der Waals surface area contributed by atoms with Gasteiger partial charge in [-0.1, -0.05) is 27.2 Å². The second-order valence-electron chi connectivity index (χ2n) is 6.40. The van der Waals surface area contributed by atoms with E-state index in [1.165, 1.54) is 24.1 Å². The molecule has 1 atom stereocenters. The summed E-state index contributed by atoms with van der Waals surface area (Å²) in [5, 5.41) is 4.76. The number of hydrogen-bond donors (Lipinski definition) is 3. The smallest absolute Gasteiger partial charge is 0.240 e. The lowest BCUT2D eigenvalue weighted by Gasteiger charge is -2.28. The largest absolute Gasteiger partial charge is 0.366 e. The Hall–Kier alpha value is -1.40. The van der Waals surface area contributed by atoms with Crippen LogP contribution in [0.5, 0.6) is 0 Å². The van der Waals surface area contributed by atoms with E-state index in [9.17, 15) is 0 Å². The number of nitrogen functional groups attached to an aromatic ring is 1. The minimum Gasteiger partial charge on any atom is -0.366 e. The summed E-state index contributed by atoms with van der Waals surface area (Å²) in [5.41, 5.74) is 2.88. The first-order chi connectivity index (χ1) is 10.0. The van der Waals surface area contributed by atoms with Crippen LogP contribution in [0, 0.1) is 5.41 Å². The van der Waals surface area contributed by atoms with Gasteiger partial charge in [0, 0.05) is 10.9 Å². The summed E-state index contributed by atoms with van der Waals surface area (Å²) in [6, 6.07) is 2.65. The van der Waals surface area contributed by atoms with Crippen molar-refractivity contribution in [3.8, 4) is 0 Å². The molecule has 2 heterocycles. The van der Waals surface area contributed by atoms with Crippen LogP contribution in [0.2, 0.25) is 0 Å². The van der Waals surface area contributed by atoms with Gasteiger partial charge in [0.05, 0.1) is 5.39 Å². The Bertz CT molecular complexity index is 649. The zero-order chi connectivity index (χ0) is 15.0. The molecule has 0 aromatic carbocycles. The van der Waals surface area contributed by atoms with Crippen LogP contribution in [-0.2, 0) is 6.42 Å². The van der Waals surface area contributed by atoms with Crippen LogP contribution < -0.4 is 16.6 Å². The van der Waals surface area contributed by atoms with E-state index in [0.717, 1.165) is 22.5 Å². The van der Waals surface area contributed by atoms with Gasteiger partial charge in [-0.3, -0.25) is 5.43 Å². The van der Waals surface area contributed by atoms with Crippen LogP contribution in [0.4, 0.5) is 11.8 Å². The molecule has 3 rings (SSSR count). The third-order valence-corrected chi connectivity index (χ3v) is 5.66. The summed E-state index contributed by atoms with van der Waals surface area (Å²) < 4.78 is 0. The highest BCUT2D eigenvalue weighted by molar-refractivity contribution is 7.18. The van der Waals surface area contributed by atoms with Crippen molar-refractivity contribution in [2.45, 2.75) is 52.5 Å². The summed E-state index contributed by atoms with van der Waals surface area (Å²) >= 11 is 1.71. The van der Waals surface area contributed by atoms with Crippen LogP contribution in [0.15, 0.2) is 6.07 Å². The van der Waals surface area contributed by atoms with Gasteiger partial charge >= 0.3 is 0 Å². The van der Waals surface area contributed by atoms with Crippen LogP contribution in [-0.4, -0.2) is 16.0 Å². The monoisotopic (exact) mass is 305 g/mol. The highest BCUT2D eigenvalue weighted by Crippen LogP contribution is 2.40. The normalized spacial score (nSPS) is 20.9. The quantitative estimate of drug-likeness (QED) is 0.595. The maximum absolute atomic E-state index is 5.51. The number of aromatic nitrogens is 2. The van der Waals surface area contributed by atoms with Crippen molar-refractivity contribution in [2.75, 3.05) is 10.7 Å². The Morgan fingerprint density at radius 3 is 2.86 bits per heavy atom. The molecule has 0 aliphatic heterocycles. The van der Waals surface area contributed by atoms with Crippen molar-refractivity contribution in [2.24, 2.45) is 11.3 Å². The maximum atomic E-state index is 5.51. The van der Waals surface area contributed by atoms with Crippen molar-refractivity contribution in [3.63, 3.8) is 0 Å². The first-order valence-electron chi connectivity index (χ1n) is 7.57. The maximum Gasteiger partial charge on any atom is 0.240 e. The number of anilines is 2. The second-order valence-corrected chi connectivity index (χ2v) is 7.52. The van der Waals surface area contributed by atoms with E-state index in [4.69, 9.17) is 5.84 Å². The highest BCUT2D eigenvalue weighted by atomic mass is 32.1. The number of nitrogens with two attached hydrogens (primary N) is 1. The van der Waals surface area contributed by atoms with Gasteiger partial charge in [-0.05, 0) is 30.7 Å². The van der Waals surface area contributed by atoms with Crippen molar-refractivity contribution in [3.05, 3.63) is 10.9 Å². The Morgan fingerprint density at radius 1 is 1.43 bits per heavy atom. The van der Waals surface area contributed by atoms with Gasteiger partial charge in [-0.15, -0.1) is 11.3 Å². The van der Waals surface area contributed by atoms with Gasteiger partial charge in [-0.2, -0.15) is 4.98 Å². The van der Waals surface area contributed by atoms with E-state index >= 15 is 0 Å². The Labute approximate surface area is 129 Å². The van der Waals surface area contributed by atoms with Crippen molar-refractivity contribution in [1.29, 1.82) is 0 Å². The lowest BCUT2D eigenvalue weighted by molar-refractivity contribution is 0.349. The van der Waals surface area contributed by atoms with Gasteiger partial charge in [-0.25, -0.2) is 10.8 Å². The minimum atomic E-state index is 0.303. The van der Waals surface area contributed by atoms with Crippen molar-refractivity contribution < 1.29 is 0 Å². The van der Waals surface area contributed by atoms with Gasteiger partial charge in [0.25, 0.3) is 0 Å². The van der Waals surface area contributed by atoms with E-state index in [1.54, 1.807) is 11.3 Å². The number of nitrogens with one attached hydrogen (secondary N) is 2. The summed E-state index contributed by atoms with van der Waals surface area (Å²) in [6.07, 6.45) is 4.73. The van der Waals surface area contributed by atoms with E-state index in [1.807, 2.05) is 0 Å². The van der Waals surface area contributed by atoms with Gasteiger partial charge in [0.1, 0.15) is 10.6 Å². The summed E-state index contributed by atoms with van der Waals surface area (Å²) in [7, 11) is 0. The minimum absolute atomic E-state index is 0.303. The van der Waals surface area contributed by atoms with Crippen LogP contribution in [0.1, 0.15) is 44.9 Å². The van der Waals surface area contributed by atoms with E-state index in [2.05, 4.69) is 47.5 Å². The van der Waals surface area contributed by atoms with Crippen molar-refractivity contribution >= 4 is 33.3 Å². The predicted octanol–water partition coefficient (Wildman–Crippen LogP) is 3.53. The molecule has 1 unspecified atom stereocenters. The second kappa shape index (κ2) is 5.42. The third-order valence-electron chi connectivity index (χ3n) is 4.49. The Kier molecular flexibility index (Phi) is 3.75. The SMILES string of the molecule is CCc1cc2c(NC3CCCC3(C)C)nc(NN)nc2s1. The number of aryl methyl sites for hydroxylation is 1. The number of nitrogens with zero attached hydrogens (tertiary/aromatic N) is 2. The zero-order valence-electron chi connectivity index (χ0n) is 12.9. The van der Waals surface area contributed by atoms with Crippen LogP contribution >= 0.6 is 11.3 Å². The van der Waals surface area contributed by atoms with E-state index in [0.29, 0.717) is 17.4 Å². The number of thiophene rings is 1. The molecule has 2 aromatic rings. The zero-order valence-corrected chi connectivity index (χ0v) is 13.7. The Morgan fingerprint density at radius 2 is 2.24 bits per heavy atom. The summed E-state index contributed by atoms with van der Waals surface area (Å²) in [6.45, 7) is 6.81. The first-order valence-corrected chi connectivity index (χ1v) is 8.39.